The number of amides is 2. The third-order valence-corrected chi connectivity index (χ3v) is 2.84. The van der Waals surface area contributed by atoms with Crippen LogP contribution in [-0.4, -0.2) is 54.3 Å². The minimum Gasteiger partial charge on any atom is -0.444 e. The highest BCUT2D eigenvalue weighted by Crippen LogP contribution is 2.28. The van der Waals surface area contributed by atoms with Crippen LogP contribution >= 0.6 is 0 Å². The molecule has 1 N–H and O–H groups in total. The van der Waals surface area contributed by atoms with Crippen molar-refractivity contribution in [2.24, 2.45) is 0 Å². The van der Waals surface area contributed by atoms with Crippen molar-refractivity contribution in [2.45, 2.75) is 31.9 Å². The highest BCUT2D eigenvalue weighted by atomic mass is 16.6. The highest BCUT2D eigenvalue weighted by molar-refractivity contribution is 5.84. The van der Waals surface area contributed by atoms with Crippen molar-refractivity contribution in [3.63, 3.8) is 0 Å². The van der Waals surface area contributed by atoms with E-state index in [2.05, 4.69) is 5.32 Å². The van der Waals surface area contributed by atoms with Crippen molar-refractivity contribution in [3.8, 4) is 0 Å². The number of hydrogen-bond acceptors (Lipinski definition) is 4. The van der Waals surface area contributed by atoms with Gasteiger partial charge in [-0.1, -0.05) is 0 Å². The van der Waals surface area contributed by atoms with Gasteiger partial charge in [-0.25, -0.2) is 4.79 Å². The van der Waals surface area contributed by atoms with Gasteiger partial charge in [0.25, 0.3) is 0 Å². The van der Waals surface area contributed by atoms with Gasteiger partial charge in [0, 0.05) is 6.54 Å². The normalized spacial score (nSPS) is 23.0. The molecule has 0 aromatic heterocycles. The molecule has 0 bridgehead atoms. The van der Waals surface area contributed by atoms with Crippen LogP contribution in [0.3, 0.4) is 0 Å². The first kappa shape index (κ1) is 12.2. The van der Waals surface area contributed by atoms with Gasteiger partial charge < -0.3 is 14.8 Å². The van der Waals surface area contributed by atoms with Gasteiger partial charge in [-0.2, -0.15) is 0 Å². The van der Waals surface area contributed by atoms with Gasteiger partial charge in [0.05, 0.1) is 13.2 Å². The monoisotopic (exact) mass is 242 g/mol. The summed E-state index contributed by atoms with van der Waals surface area (Å²) in [7, 11) is 0. The first-order chi connectivity index (χ1) is 7.82. The van der Waals surface area contributed by atoms with Crippen LogP contribution in [0.2, 0.25) is 0 Å². The Labute approximate surface area is 100 Å². The van der Waals surface area contributed by atoms with Crippen molar-refractivity contribution >= 4 is 12.0 Å². The minimum absolute atomic E-state index is 0.0400. The number of ether oxygens (including phenoxy) is 2. The molecule has 2 rings (SSSR count). The molecule has 2 aliphatic rings. The average molecular weight is 242 g/mol. The average Bonchev–Trinajstić information content (AvgIpc) is 2.12. The molecule has 2 fully saturated rings. The first-order valence-electron chi connectivity index (χ1n) is 5.68. The molecule has 0 atom stereocenters. The Morgan fingerprint density at radius 3 is 2.59 bits per heavy atom. The van der Waals surface area contributed by atoms with Crippen LogP contribution in [0.25, 0.3) is 0 Å². The summed E-state index contributed by atoms with van der Waals surface area (Å²) in [5, 5.41) is 2.75. The molecule has 6 nitrogen and oxygen atoms in total. The Morgan fingerprint density at radius 2 is 2.12 bits per heavy atom. The zero-order valence-electron chi connectivity index (χ0n) is 10.4. The molecule has 1 spiro atoms. The molecule has 0 saturated carbocycles. The summed E-state index contributed by atoms with van der Waals surface area (Å²) in [6.07, 6.45) is -0.448. The zero-order chi connectivity index (χ0) is 12.7. The SMILES string of the molecule is CC(C)(C)OC(=O)N1CC(=O)NCC12COC2. The van der Waals surface area contributed by atoms with Crippen molar-refractivity contribution in [1.82, 2.24) is 10.2 Å². The lowest BCUT2D eigenvalue weighted by molar-refractivity contribution is -0.158. The maximum Gasteiger partial charge on any atom is 0.411 e. The highest BCUT2D eigenvalue weighted by Gasteiger charge is 2.51. The van der Waals surface area contributed by atoms with Gasteiger partial charge in [0.1, 0.15) is 17.7 Å². The number of rotatable bonds is 0. The summed E-state index contributed by atoms with van der Waals surface area (Å²) in [6.45, 7) is 6.79. The molecule has 0 radical (unpaired) electrons. The van der Waals surface area contributed by atoms with Gasteiger partial charge in [-0.3, -0.25) is 9.69 Å². The summed E-state index contributed by atoms with van der Waals surface area (Å²) < 4.78 is 10.5. The van der Waals surface area contributed by atoms with Gasteiger partial charge in [-0.15, -0.1) is 0 Å². The Kier molecular flexibility index (Phi) is 2.77. The number of carbonyl (C=O) groups is 2. The van der Waals surface area contributed by atoms with Crippen LogP contribution in [0, 0.1) is 0 Å². The largest absolute Gasteiger partial charge is 0.444 e. The lowest BCUT2D eigenvalue weighted by Gasteiger charge is -2.51. The van der Waals surface area contributed by atoms with Crippen molar-refractivity contribution < 1.29 is 19.1 Å². The zero-order valence-corrected chi connectivity index (χ0v) is 10.4. The second-order valence-electron chi connectivity index (χ2n) is 5.56. The van der Waals surface area contributed by atoms with Crippen LogP contribution in [0.15, 0.2) is 0 Å². The van der Waals surface area contributed by atoms with Crippen molar-refractivity contribution in [3.05, 3.63) is 0 Å². The fraction of sp³-hybridized carbons (Fsp3) is 0.818. The van der Waals surface area contributed by atoms with E-state index < -0.39 is 17.2 Å². The summed E-state index contributed by atoms with van der Waals surface area (Å²) in [5.74, 6) is -0.159. The summed E-state index contributed by atoms with van der Waals surface area (Å²) >= 11 is 0. The van der Waals surface area contributed by atoms with E-state index in [9.17, 15) is 9.59 Å². The summed E-state index contributed by atoms with van der Waals surface area (Å²) in [6, 6.07) is 0. The number of carbonyl (C=O) groups excluding carboxylic acids is 2. The van der Waals surface area contributed by atoms with E-state index >= 15 is 0 Å². The Morgan fingerprint density at radius 1 is 1.47 bits per heavy atom. The molecule has 2 saturated heterocycles. The van der Waals surface area contributed by atoms with Crippen LogP contribution in [0.4, 0.5) is 4.79 Å². The van der Waals surface area contributed by atoms with E-state index in [0.717, 1.165) is 0 Å². The lowest BCUT2D eigenvalue weighted by Crippen LogP contribution is -2.73. The van der Waals surface area contributed by atoms with E-state index in [1.807, 2.05) is 0 Å². The molecule has 0 unspecified atom stereocenters. The molecule has 2 aliphatic heterocycles. The van der Waals surface area contributed by atoms with Gasteiger partial charge in [0.15, 0.2) is 0 Å². The molecule has 2 heterocycles. The topological polar surface area (TPSA) is 67.9 Å². The number of hydrogen-bond donors (Lipinski definition) is 1. The van der Waals surface area contributed by atoms with Gasteiger partial charge in [0.2, 0.25) is 5.91 Å². The Hall–Kier alpha value is -1.30. The summed E-state index contributed by atoms with van der Waals surface area (Å²) in [5.41, 5.74) is -0.965. The Balaban J connectivity index is 2.10. The molecule has 2 amide bonds. The number of nitrogens with one attached hydrogen (secondary N) is 1. The second-order valence-corrected chi connectivity index (χ2v) is 5.56. The van der Waals surface area contributed by atoms with E-state index in [1.165, 1.54) is 4.90 Å². The Bertz CT molecular complexity index is 344. The first-order valence-corrected chi connectivity index (χ1v) is 5.68. The third kappa shape index (κ3) is 2.36. The fourth-order valence-electron chi connectivity index (χ4n) is 1.90. The molecule has 0 aromatic carbocycles. The molecule has 0 aliphatic carbocycles. The van der Waals surface area contributed by atoms with E-state index in [0.29, 0.717) is 19.8 Å². The molecule has 96 valence electrons. The van der Waals surface area contributed by atoms with Crippen LogP contribution in [0.5, 0.6) is 0 Å². The van der Waals surface area contributed by atoms with E-state index in [-0.39, 0.29) is 12.5 Å². The second kappa shape index (κ2) is 3.87. The maximum atomic E-state index is 12.0. The maximum absolute atomic E-state index is 12.0. The predicted molar refractivity (Wildman–Crippen MR) is 59.5 cm³/mol. The predicted octanol–water partition coefficient (Wildman–Crippen LogP) is 0.122. The number of nitrogens with zero attached hydrogens (tertiary/aromatic N) is 1. The molecule has 17 heavy (non-hydrogen) atoms. The lowest BCUT2D eigenvalue weighted by atomic mass is 9.93. The van der Waals surface area contributed by atoms with Gasteiger partial charge in [-0.05, 0) is 20.8 Å². The molecule has 0 aromatic rings. The van der Waals surface area contributed by atoms with Gasteiger partial charge >= 0.3 is 6.09 Å². The van der Waals surface area contributed by atoms with E-state index in [1.54, 1.807) is 20.8 Å². The van der Waals surface area contributed by atoms with Crippen LogP contribution < -0.4 is 5.32 Å². The standard InChI is InChI=1S/C11H18N2O4/c1-10(2,3)17-9(15)13-4-8(14)12-5-11(13)6-16-7-11/h4-7H2,1-3H3,(H,12,14). The van der Waals surface area contributed by atoms with Crippen molar-refractivity contribution in [1.29, 1.82) is 0 Å². The van der Waals surface area contributed by atoms with E-state index in [4.69, 9.17) is 9.47 Å². The quantitative estimate of drug-likeness (QED) is 0.655. The third-order valence-electron chi connectivity index (χ3n) is 2.84. The van der Waals surface area contributed by atoms with Crippen LogP contribution in [-0.2, 0) is 14.3 Å². The molecule has 6 heteroatoms. The van der Waals surface area contributed by atoms with Crippen LogP contribution in [0.1, 0.15) is 20.8 Å². The fourth-order valence-corrected chi connectivity index (χ4v) is 1.90. The smallest absolute Gasteiger partial charge is 0.411 e. The van der Waals surface area contributed by atoms with Crippen molar-refractivity contribution in [2.75, 3.05) is 26.3 Å². The molecular formula is C11H18N2O4. The minimum atomic E-state index is -0.559. The summed E-state index contributed by atoms with van der Waals surface area (Å²) in [4.78, 5) is 24.9. The molecular weight excluding hydrogens is 224 g/mol. The number of piperazine rings is 1.